The lowest BCUT2D eigenvalue weighted by Gasteiger charge is -2.30. The van der Waals surface area contributed by atoms with Gasteiger partial charge in [0, 0.05) is 11.8 Å². The molecule has 5 heteroatoms. The minimum atomic E-state index is 0.138. The third-order valence-corrected chi connectivity index (χ3v) is 6.05. The van der Waals surface area contributed by atoms with E-state index in [9.17, 15) is 15.3 Å². The van der Waals surface area contributed by atoms with Crippen molar-refractivity contribution >= 4 is 17.1 Å². The summed E-state index contributed by atoms with van der Waals surface area (Å²) in [6.07, 6.45) is 0. The smallest absolute Gasteiger partial charge is 0.142 e. The quantitative estimate of drug-likeness (QED) is 0.289. The van der Waals surface area contributed by atoms with Crippen LogP contribution in [0.3, 0.4) is 0 Å². The predicted molar refractivity (Wildman–Crippen MR) is 136 cm³/mol. The second-order valence-electron chi connectivity index (χ2n) is 8.67. The summed E-state index contributed by atoms with van der Waals surface area (Å²) in [4.78, 5) is 1.89. The van der Waals surface area contributed by atoms with Gasteiger partial charge in [0.05, 0.1) is 11.4 Å². The fraction of sp³-hybridized carbons (Fsp3) is 0.172. The first kappa shape index (κ1) is 23.1. The lowest BCUT2D eigenvalue weighted by molar-refractivity contribution is 0.453. The van der Waals surface area contributed by atoms with Crippen LogP contribution >= 0.6 is 0 Å². The monoisotopic (exact) mass is 455 g/mol. The molecule has 5 nitrogen and oxygen atoms in total. The average Bonchev–Trinajstić information content (AvgIpc) is 2.81. The average molecular weight is 456 g/mol. The molecule has 0 bridgehead atoms. The van der Waals surface area contributed by atoms with Crippen LogP contribution in [0.5, 0.6) is 28.7 Å². The van der Waals surface area contributed by atoms with Crippen LogP contribution in [0.25, 0.3) is 0 Å². The maximum atomic E-state index is 11.1. The normalized spacial score (nSPS) is 10.9. The summed E-state index contributed by atoms with van der Waals surface area (Å²) in [5, 5.41) is 31.9. The van der Waals surface area contributed by atoms with Crippen LogP contribution in [0.2, 0.25) is 0 Å². The van der Waals surface area contributed by atoms with Gasteiger partial charge in [-0.3, -0.25) is 0 Å². The standard InChI is InChI=1S/C29H29NO4/c1-17-10-13-23(31)16-25(17)34-24-14-11-22(12-15-24)30(26-18(2)6-8-20(4)28(26)32)27-19(3)7-9-21(5)29(27)33/h6-16,31-33H,1-5H3. The Morgan fingerprint density at radius 3 is 1.56 bits per heavy atom. The van der Waals surface area contributed by atoms with Gasteiger partial charge >= 0.3 is 0 Å². The van der Waals surface area contributed by atoms with Crippen LogP contribution in [0.15, 0.2) is 66.7 Å². The molecular weight excluding hydrogens is 426 g/mol. The Bertz CT molecular complexity index is 1300. The summed E-state index contributed by atoms with van der Waals surface area (Å²) >= 11 is 0. The third kappa shape index (κ3) is 4.25. The third-order valence-electron chi connectivity index (χ3n) is 6.05. The largest absolute Gasteiger partial charge is 0.508 e. The Balaban J connectivity index is 1.85. The molecule has 0 aliphatic carbocycles. The summed E-state index contributed by atoms with van der Waals surface area (Å²) in [5.41, 5.74) is 6.13. The van der Waals surface area contributed by atoms with E-state index >= 15 is 0 Å². The van der Waals surface area contributed by atoms with E-state index in [-0.39, 0.29) is 17.2 Å². The second kappa shape index (κ2) is 9.02. The molecule has 174 valence electrons. The Hall–Kier alpha value is -4.12. The van der Waals surface area contributed by atoms with Gasteiger partial charge in [-0.15, -0.1) is 0 Å². The lowest BCUT2D eigenvalue weighted by Crippen LogP contribution is -2.14. The number of benzene rings is 4. The van der Waals surface area contributed by atoms with Crippen molar-refractivity contribution in [1.29, 1.82) is 0 Å². The van der Waals surface area contributed by atoms with Gasteiger partial charge in [0.1, 0.15) is 28.7 Å². The molecule has 4 aromatic carbocycles. The molecule has 0 amide bonds. The zero-order valence-electron chi connectivity index (χ0n) is 20.0. The van der Waals surface area contributed by atoms with E-state index in [0.29, 0.717) is 22.9 Å². The molecule has 0 aliphatic rings. The number of aromatic hydroxyl groups is 3. The molecule has 0 saturated carbocycles. The molecule has 0 heterocycles. The van der Waals surface area contributed by atoms with Crippen LogP contribution in [0.1, 0.15) is 27.8 Å². The minimum absolute atomic E-state index is 0.138. The van der Waals surface area contributed by atoms with E-state index in [1.54, 1.807) is 18.2 Å². The van der Waals surface area contributed by atoms with E-state index in [1.807, 2.05) is 88.0 Å². The maximum Gasteiger partial charge on any atom is 0.142 e. The Labute approximate surface area is 200 Å². The summed E-state index contributed by atoms with van der Waals surface area (Å²) in [6.45, 7) is 9.50. The number of hydrogen-bond donors (Lipinski definition) is 3. The number of nitrogens with zero attached hydrogens (tertiary/aromatic N) is 1. The van der Waals surface area contributed by atoms with Gasteiger partial charge in [-0.25, -0.2) is 0 Å². The number of phenols is 3. The highest BCUT2D eigenvalue weighted by atomic mass is 16.5. The Kier molecular flexibility index (Phi) is 6.12. The molecule has 0 radical (unpaired) electrons. The van der Waals surface area contributed by atoms with Crippen LogP contribution in [-0.4, -0.2) is 15.3 Å². The summed E-state index contributed by atoms with van der Waals surface area (Å²) in [7, 11) is 0. The molecule has 0 fully saturated rings. The van der Waals surface area contributed by atoms with Crippen LogP contribution in [0, 0.1) is 34.6 Å². The summed E-state index contributed by atoms with van der Waals surface area (Å²) in [5.74, 6) is 1.64. The lowest BCUT2D eigenvalue weighted by atomic mass is 10.0. The van der Waals surface area contributed by atoms with Crippen molar-refractivity contribution in [1.82, 2.24) is 0 Å². The van der Waals surface area contributed by atoms with Crippen molar-refractivity contribution in [3.63, 3.8) is 0 Å². The van der Waals surface area contributed by atoms with Gasteiger partial charge < -0.3 is 25.0 Å². The van der Waals surface area contributed by atoms with Crippen molar-refractivity contribution in [2.75, 3.05) is 4.90 Å². The molecular formula is C29H29NO4. The van der Waals surface area contributed by atoms with E-state index < -0.39 is 0 Å². The fourth-order valence-corrected chi connectivity index (χ4v) is 3.99. The topological polar surface area (TPSA) is 73.2 Å². The fourth-order valence-electron chi connectivity index (χ4n) is 3.99. The van der Waals surface area contributed by atoms with Crippen molar-refractivity contribution in [2.45, 2.75) is 34.6 Å². The zero-order chi connectivity index (χ0) is 24.6. The van der Waals surface area contributed by atoms with Gasteiger partial charge in [-0.2, -0.15) is 0 Å². The zero-order valence-corrected chi connectivity index (χ0v) is 20.0. The highest BCUT2D eigenvalue weighted by Crippen LogP contribution is 2.48. The van der Waals surface area contributed by atoms with E-state index in [1.165, 1.54) is 0 Å². The molecule has 0 saturated heterocycles. The van der Waals surface area contributed by atoms with Crippen LogP contribution in [0.4, 0.5) is 17.1 Å². The summed E-state index contributed by atoms with van der Waals surface area (Å²) in [6, 6.07) is 20.1. The van der Waals surface area contributed by atoms with Crippen LogP contribution in [-0.2, 0) is 0 Å². The number of rotatable bonds is 5. The van der Waals surface area contributed by atoms with Gasteiger partial charge in [-0.1, -0.05) is 30.3 Å². The predicted octanol–water partition coefficient (Wildman–Crippen LogP) is 7.61. The SMILES string of the molecule is Cc1ccc(O)cc1Oc1ccc(N(c2c(C)ccc(C)c2O)c2c(C)ccc(C)c2O)cc1. The summed E-state index contributed by atoms with van der Waals surface area (Å²) < 4.78 is 5.99. The molecule has 0 aromatic heterocycles. The molecule has 3 N–H and O–H groups in total. The van der Waals surface area contributed by atoms with E-state index in [0.717, 1.165) is 33.5 Å². The Morgan fingerprint density at radius 1 is 0.559 bits per heavy atom. The molecule has 0 spiro atoms. The molecule has 0 aliphatic heterocycles. The van der Waals surface area contributed by atoms with Crippen molar-refractivity contribution < 1.29 is 20.1 Å². The van der Waals surface area contributed by atoms with Gasteiger partial charge in [0.2, 0.25) is 0 Å². The molecule has 0 atom stereocenters. The maximum absolute atomic E-state index is 11.1. The van der Waals surface area contributed by atoms with Crippen molar-refractivity contribution in [3.8, 4) is 28.7 Å². The first-order valence-electron chi connectivity index (χ1n) is 11.1. The van der Waals surface area contributed by atoms with E-state index in [2.05, 4.69) is 0 Å². The number of aryl methyl sites for hydroxylation is 5. The van der Waals surface area contributed by atoms with Gasteiger partial charge in [-0.05, 0) is 92.8 Å². The first-order valence-corrected chi connectivity index (χ1v) is 11.1. The molecule has 0 unspecified atom stereocenters. The molecule has 4 rings (SSSR count). The second-order valence-corrected chi connectivity index (χ2v) is 8.67. The van der Waals surface area contributed by atoms with E-state index in [4.69, 9.17) is 4.74 Å². The highest BCUT2D eigenvalue weighted by molar-refractivity contribution is 5.87. The number of phenolic OH excluding ortho intramolecular Hbond substituents is 3. The Morgan fingerprint density at radius 2 is 1.03 bits per heavy atom. The highest BCUT2D eigenvalue weighted by Gasteiger charge is 2.24. The van der Waals surface area contributed by atoms with Gasteiger partial charge in [0.15, 0.2) is 0 Å². The molecule has 34 heavy (non-hydrogen) atoms. The van der Waals surface area contributed by atoms with Crippen LogP contribution < -0.4 is 9.64 Å². The molecule has 4 aromatic rings. The first-order chi connectivity index (χ1) is 16.2. The number of anilines is 3. The van der Waals surface area contributed by atoms with Crippen molar-refractivity contribution in [3.05, 3.63) is 94.5 Å². The number of hydrogen-bond acceptors (Lipinski definition) is 5. The minimum Gasteiger partial charge on any atom is -0.508 e. The van der Waals surface area contributed by atoms with Crippen molar-refractivity contribution in [2.24, 2.45) is 0 Å². The number of ether oxygens (including phenoxy) is 1. The van der Waals surface area contributed by atoms with Gasteiger partial charge in [0.25, 0.3) is 0 Å².